The van der Waals surface area contributed by atoms with Gasteiger partial charge in [0.25, 0.3) is 0 Å². The fraction of sp³-hybridized carbons (Fsp3) is 0.308. The van der Waals surface area contributed by atoms with E-state index < -0.39 is 0 Å². The number of furan rings is 2. The first-order chi connectivity index (χ1) is 14.1. The van der Waals surface area contributed by atoms with Crippen molar-refractivity contribution in [2.75, 3.05) is 0 Å². The first kappa shape index (κ1) is 17.7. The molecule has 0 unspecified atom stereocenters. The molecule has 5 heterocycles. The summed E-state index contributed by atoms with van der Waals surface area (Å²) in [5.41, 5.74) is 6.92. The van der Waals surface area contributed by atoms with Crippen LogP contribution in [0.1, 0.15) is 52.9 Å². The van der Waals surface area contributed by atoms with Crippen LogP contribution in [0.5, 0.6) is 0 Å². The van der Waals surface area contributed by atoms with Crippen LogP contribution in [0.25, 0.3) is 49.5 Å². The van der Waals surface area contributed by atoms with E-state index in [0.717, 1.165) is 44.4 Å². The van der Waals surface area contributed by atoms with Crippen LogP contribution in [0.3, 0.4) is 0 Å². The van der Waals surface area contributed by atoms with Crippen molar-refractivity contribution >= 4 is 49.5 Å². The van der Waals surface area contributed by atoms with E-state index in [1.165, 1.54) is 16.5 Å². The molecule has 0 aliphatic carbocycles. The first-order valence-corrected chi connectivity index (χ1v) is 10.5. The van der Waals surface area contributed by atoms with Gasteiger partial charge in [0.05, 0.1) is 0 Å². The van der Waals surface area contributed by atoms with Crippen molar-refractivity contribution in [1.82, 2.24) is 14.4 Å². The average molecular weight is 396 g/mol. The molecular formula is C26H25N3O. The summed E-state index contributed by atoms with van der Waals surface area (Å²) in [5.74, 6) is 0. The molecule has 0 atom stereocenters. The third-order valence-electron chi connectivity index (χ3n) is 6.14. The van der Waals surface area contributed by atoms with Crippen molar-refractivity contribution in [2.45, 2.75) is 52.4 Å². The maximum atomic E-state index is 5.92. The van der Waals surface area contributed by atoms with Crippen molar-refractivity contribution in [3.63, 3.8) is 0 Å². The number of hydrogen-bond donors (Lipinski definition) is 0. The molecule has 4 heteroatoms. The predicted octanol–water partition coefficient (Wildman–Crippen LogP) is 6.97. The molecule has 5 aromatic heterocycles. The van der Waals surface area contributed by atoms with Crippen LogP contribution in [-0.2, 0) is 10.8 Å². The minimum atomic E-state index is -0.0597. The number of nitrogens with zero attached hydrogens (tertiary/aromatic N) is 3. The van der Waals surface area contributed by atoms with Gasteiger partial charge in [-0.25, -0.2) is 9.97 Å². The zero-order valence-corrected chi connectivity index (χ0v) is 18.3. The minimum Gasteiger partial charge on any atom is -0.456 e. The van der Waals surface area contributed by atoms with Crippen molar-refractivity contribution in [3.05, 3.63) is 53.9 Å². The maximum Gasteiger partial charge on any atom is 0.164 e. The molecule has 6 rings (SSSR count). The Morgan fingerprint density at radius 3 is 2.07 bits per heavy atom. The van der Waals surface area contributed by atoms with Gasteiger partial charge in [-0.15, -0.1) is 0 Å². The summed E-state index contributed by atoms with van der Waals surface area (Å²) >= 11 is 0. The van der Waals surface area contributed by atoms with E-state index in [-0.39, 0.29) is 10.8 Å². The second kappa shape index (κ2) is 5.31. The van der Waals surface area contributed by atoms with E-state index in [0.29, 0.717) is 0 Å². The summed E-state index contributed by atoms with van der Waals surface area (Å²) in [6.45, 7) is 13.3. The van der Waals surface area contributed by atoms with Gasteiger partial charge in [-0.2, -0.15) is 0 Å². The van der Waals surface area contributed by atoms with Crippen LogP contribution in [-0.4, -0.2) is 14.4 Å². The topological polar surface area (TPSA) is 43.3 Å². The third kappa shape index (κ3) is 2.28. The van der Waals surface area contributed by atoms with E-state index in [9.17, 15) is 0 Å². The van der Waals surface area contributed by atoms with Crippen LogP contribution in [0.2, 0.25) is 0 Å². The molecule has 0 spiro atoms. The Kier molecular flexibility index (Phi) is 3.13. The lowest BCUT2D eigenvalue weighted by Crippen LogP contribution is -2.17. The van der Waals surface area contributed by atoms with Crippen molar-refractivity contribution < 1.29 is 4.42 Å². The standard InChI is InChI=1S/C26H25N3O/c1-25(2,3)21-10-7-18-24(28-21)29-22(26(4,5)6)12-14-11-16-17(13-15(14)23(29)27-18)20-9-8-19(16)30-20/h7-13H,1-6H3. The van der Waals surface area contributed by atoms with Gasteiger partial charge in [-0.1, -0.05) is 41.5 Å². The summed E-state index contributed by atoms with van der Waals surface area (Å²) in [7, 11) is 0. The maximum absolute atomic E-state index is 5.92. The Morgan fingerprint density at radius 1 is 0.700 bits per heavy atom. The van der Waals surface area contributed by atoms with Gasteiger partial charge in [-0.3, -0.25) is 4.40 Å². The monoisotopic (exact) mass is 395 g/mol. The second-order valence-corrected chi connectivity index (χ2v) is 10.5. The van der Waals surface area contributed by atoms with Crippen molar-refractivity contribution in [2.24, 2.45) is 0 Å². The molecule has 4 nitrogen and oxygen atoms in total. The van der Waals surface area contributed by atoms with E-state index in [1.54, 1.807) is 0 Å². The molecule has 0 aliphatic heterocycles. The Bertz CT molecular complexity index is 1600. The predicted molar refractivity (Wildman–Crippen MR) is 124 cm³/mol. The Labute approximate surface area is 174 Å². The van der Waals surface area contributed by atoms with Crippen molar-refractivity contribution in [1.29, 1.82) is 0 Å². The lowest BCUT2D eigenvalue weighted by atomic mass is 9.89. The highest BCUT2D eigenvalue weighted by atomic mass is 16.3. The zero-order chi connectivity index (χ0) is 21.0. The summed E-state index contributed by atoms with van der Waals surface area (Å²) in [6, 6.07) is 15.1. The molecule has 150 valence electrons. The van der Waals surface area contributed by atoms with Crippen LogP contribution < -0.4 is 0 Å². The molecule has 0 radical (unpaired) electrons. The Morgan fingerprint density at radius 2 is 1.40 bits per heavy atom. The van der Waals surface area contributed by atoms with Crippen molar-refractivity contribution in [3.8, 4) is 0 Å². The fourth-order valence-electron chi connectivity index (χ4n) is 4.51. The molecule has 6 aromatic rings. The van der Waals surface area contributed by atoms with Gasteiger partial charge < -0.3 is 4.42 Å². The number of imidazole rings is 1. The number of benzene rings is 2. The number of fused-ring (bicyclic) bond motifs is 10. The van der Waals surface area contributed by atoms with E-state index >= 15 is 0 Å². The fourth-order valence-corrected chi connectivity index (χ4v) is 4.51. The quantitative estimate of drug-likeness (QED) is 0.261. The van der Waals surface area contributed by atoms with Crippen LogP contribution in [0.15, 0.2) is 46.9 Å². The smallest absolute Gasteiger partial charge is 0.164 e. The summed E-state index contributed by atoms with van der Waals surface area (Å²) in [5, 5.41) is 4.65. The number of rotatable bonds is 0. The first-order valence-electron chi connectivity index (χ1n) is 10.5. The third-order valence-corrected chi connectivity index (χ3v) is 6.14. The summed E-state index contributed by atoms with van der Waals surface area (Å²) in [6.07, 6.45) is 0. The lowest BCUT2D eigenvalue weighted by molar-refractivity contribution is 0.560. The normalized spacial score (nSPS) is 13.7. The molecule has 0 saturated carbocycles. The summed E-state index contributed by atoms with van der Waals surface area (Å²) in [4.78, 5) is 10.1. The van der Waals surface area contributed by atoms with E-state index in [4.69, 9.17) is 14.4 Å². The molecule has 30 heavy (non-hydrogen) atoms. The minimum absolute atomic E-state index is 0.0192. The number of hydrogen-bond acceptors (Lipinski definition) is 3. The molecule has 0 aliphatic rings. The van der Waals surface area contributed by atoms with Gasteiger partial charge in [0.1, 0.15) is 22.3 Å². The van der Waals surface area contributed by atoms with Gasteiger partial charge >= 0.3 is 0 Å². The molecule has 0 saturated heterocycles. The van der Waals surface area contributed by atoms with E-state index in [2.05, 4.69) is 82.3 Å². The van der Waals surface area contributed by atoms with Gasteiger partial charge in [0.15, 0.2) is 5.65 Å². The Balaban J connectivity index is 1.83. The molecule has 2 bridgehead atoms. The Hall–Kier alpha value is -3.14. The zero-order valence-electron chi connectivity index (χ0n) is 18.3. The van der Waals surface area contributed by atoms with Crippen LogP contribution >= 0.6 is 0 Å². The van der Waals surface area contributed by atoms with Gasteiger partial charge in [0.2, 0.25) is 0 Å². The van der Waals surface area contributed by atoms with Crippen LogP contribution in [0.4, 0.5) is 0 Å². The van der Waals surface area contributed by atoms with Crippen LogP contribution in [0, 0.1) is 0 Å². The average Bonchev–Trinajstić information content (AvgIpc) is 3.37. The molecular weight excluding hydrogens is 370 g/mol. The highest BCUT2D eigenvalue weighted by molar-refractivity contribution is 6.15. The molecule has 1 aromatic carbocycles. The van der Waals surface area contributed by atoms with Gasteiger partial charge in [-0.05, 0) is 47.9 Å². The lowest BCUT2D eigenvalue weighted by Gasteiger charge is -2.22. The number of pyridine rings is 2. The second-order valence-electron chi connectivity index (χ2n) is 10.5. The largest absolute Gasteiger partial charge is 0.456 e. The highest BCUT2D eigenvalue weighted by Gasteiger charge is 2.24. The SMILES string of the molecule is CC(C)(C)c1ccc2nc3c4cc5c6ccc(o6)c5cc4cc(C(C)(C)C)n3c2n1. The molecule has 0 fully saturated rings. The summed E-state index contributed by atoms with van der Waals surface area (Å²) < 4.78 is 8.18. The highest BCUT2D eigenvalue weighted by Crippen LogP contribution is 2.38. The number of aromatic nitrogens is 3. The van der Waals surface area contributed by atoms with E-state index in [1.807, 2.05) is 6.07 Å². The van der Waals surface area contributed by atoms with Gasteiger partial charge in [0, 0.05) is 38.4 Å². The molecule has 0 N–H and O–H groups in total. The molecule has 0 amide bonds.